The highest BCUT2D eigenvalue weighted by atomic mass is 32.2. The van der Waals surface area contributed by atoms with Crippen LogP contribution in [0.5, 0.6) is 0 Å². The Morgan fingerprint density at radius 2 is 1.09 bits per heavy atom. The molecule has 0 fully saturated rings. The van der Waals surface area contributed by atoms with Crippen molar-refractivity contribution < 1.29 is 87.8 Å². The second kappa shape index (κ2) is 10.9. The van der Waals surface area contributed by atoms with Crippen molar-refractivity contribution in [3.63, 3.8) is 0 Å². The van der Waals surface area contributed by atoms with Crippen molar-refractivity contribution in [1.82, 2.24) is 19.7 Å². The molecule has 4 nitrogen and oxygen atoms in total. The van der Waals surface area contributed by atoms with E-state index in [0.717, 1.165) is 13.0 Å². The van der Waals surface area contributed by atoms with Crippen LogP contribution in [0.15, 0.2) is 23.4 Å². The highest BCUT2D eigenvalue weighted by Crippen LogP contribution is 2.64. The van der Waals surface area contributed by atoms with E-state index in [1.807, 2.05) is 0 Å². The van der Waals surface area contributed by atoms with Crippen LogP contribution < -0.4 is 0 Å². The smallest absolute Gasteiger partial charge is 0.216 e. The van der Waals surface area contributed by atoms with E-state index < -0.39 is 82.7 Å². The van der Waals surface area contributed by atoms with E-state index in [1.54, 1.807) is 0 Å². The van der Waals surface area contributed by atoms with Crippen molar-refractivity contribution in [3.05, 3.63) is 29.7 Å². The summed E-state index contributed by atoms with van der Waals surface area (Å²) in [5.41, 5.74) is -1.63. The van der Waals surface area contributed by atoms with Crippen molar-refractivity contribution in [2.75, 3.05) is 5.75 Å². The van der Waals surface area contributed by atoms with Crippen molar-refractivity contribution in [2.24, 2.45) is 0 Å². The Hall–Kier alpha value is -2.76. The second-order valence-electron chi connectivity index (χ2n) is 8.54. The van der Waals surface area contributed by atoms with Crippen molar-refractivity contribution in [3.8, 4) is 5.95 Å². The van der Waals surface area contributed by atoms with Gasteiger partial charge >= 0.3 is 53.8 Å². The predicted octanol–water partition coefficient (Wildman–Crippen LogP) is 8.48. The van der Waals surface area contributed by atoms with Gasteiger partial charge in [0, 0.05) is 24.1 Å². The monoisotopic (exact) mass is 706 g/mol. The Kier molecular flexibility index (Phi) is 9.31. The van der Waals surface area contributed by atoms with Gasteiger partial charge in [-0.2, -0.15) is 92.9 Å². The molecule has 0 saturated heterocycles. The van der Waals surface area contributed by atoms with Gasteiger partial charge in [0.2, 0.25) is 0 Å². The lowest BCUT2D eigenvalue weighted by molar-refractivity contribution is -0.461. The van der Waals surface area contributed by atoms with E-state index in [1.165, 1.54) is 0 Å². The first-order valence-electron chi connectivity index (χ1n) is 10.6. The highest BCUT2D eigenvalue weighted by Gasteiger charge is 2.95. The molecule has 0 N–H and O–H groups in total. The summed E-state index contributed by atoms with van der Waals surface area (Å²) in [5, 5.41) is 2.47. The van der Waals surface area contributed by atoms with Gasteiger partial charge in [-0.25, -0.2) is 14.6 Å². The summed E-state index contributed by atoms with van der Waals surface area (Å²) in [6, 6.07) is 1.27. The first-order valence-corrected chi connectivity index (χ1v) is 11.6. The Morgan fingerprint density at radius 1 is 0.636 bits per heavy atom. The molecule has 2 aromatic rings. The molecular formula is C19H10F20N4S. The fourth-order valence-corrected chi connectivity index (χ4v) is 3.89. The molecule has 0 radical (unpaired) electrons. The number of rotatable bonds is 11. The van der Waals surface area contributed by atoms with Gasteiger partial charge in [-0.1, -0.05) is 0 Å². The number of alkyl halides is 20. The summed E-state index contributed by atoms with van der Waals surface area (Å²) >= 11 is -0.120. The fraction of sp³-hybridized carbons (Fsp3) is 0.632. The molecule has 0 aromatic carbocycles. The van der Waals surface area contributed by atoms with E-state index in [2.05, 4.69) is 15.1 Å². The first-order chi connectivity index (χ1) is 19.3. The normalized spacial score (nSPS) is 15.2. The number of hydrogen-bond acceptors (Lipinski definition) is 4. The van der Waals surface area contributed by atoms with Gasteiger partial charge in [-0.3, -0.25) is 0 Å². The lowest BCUT2D eigenvalue weighted by Crippen LogP contribution is -2.74. The third-order valence-corrected chi connectivity index (χ3v) is 6.27. The molecule has 44 heavy (non-hydrogen) atoms. The summed E-state index contributed by atoms with van der Waals surface area (Å²) in [5.74, 6) is -59.3. The van der Waals surface area contributed by atoms with E-state index in [-0.39, 0.29) is 17.5 Å². The zero-order valence-electron chi connectivity index (χ0n) is 20.4. The fourth-order valence-electron chi connectivity index (χ4n) is 2.92. The maximum Gasteiger partial charge on any atom is 0.460 e. The van der Waals surface area contributed by atoms with Crippen LogP contribution in [0.3, 0.4) is 0 Å². The number of halogens is 20. The van der Waals surface area contributed by atoms with Gasteiger partial charge in [-0.05, 0) is 19.1 Å². The third-order valence-electron chi connectivity index (χ3n) is 5.36. The van der Waals surface area contributed by atoms with E-state index in [4.69, 9.17) is 0 Å². The minimum absolute atomic E-state index is 0.120. The Morgan fingerprint density at radius 3 is 1.52 bits per heavy atom. The van der Waals surface area contributed by atoms with Gasteiger partial charge in [0.05, 0.1) is 0 Å². The Labute approximate surface area is 233 Å². The van der Waals surface area contributed by atoms with Gasteiger partial charge < -0.3 is 0 Å². The van der Waals surface area contributed by atoms with Crippen LogP contribution >= 0.6 is 11.8 Å². The number of aryl methyl sites for hydroxylation is 1. The van der Waals surface area contributed by atoms with Gasteiger partial charge in [-0.15, -0.1) is 11.8 Å². The first kappa shape index (κ1) is 37.4. The van der Waals surface area contributed by atoms with Gasteiger partial charge in [0.15, 0.2) is 5.69 Å². The molecular weight excluding hydrogens is 696 g/mol. The van der Waals surface area contributed by atoms with Crippen molar-refractivity contribution in [1.29, 1.82) is 0 Å². The lowest BCUT2D eigenvalue weighted by Gasteiger charge is -2.42. The Balaban J connectivity index is 2.35. The van der Waals surface area contributed by atoms with Crippen molar-refractivity contribution in [2.45, 2.75) is 72.2 Å². The van der Waals surface area contributed by atoms with E-state index in [0.29, 0.717) is 16.9 Å². The molecule has 25 heteroatoms. The molecule has 0 unspecified atom stereocenters. The van der Waals surface area contributed by atoms with E-state index in [9.17, 15) is 87.8 Å². The SMILES string of the molecule is Cc1cc(SCCC(F)(F)C(F)(F)C(F)(F)C(F)(F)C(F)(F)C(F)(F)C(F)(F)C(F)(F)F)nc(-n2ccc(C(F)(F)F)n2)n1. The van der Waals surface area contributed by atoms with Crippen LogP contribution in [-0.4, -0.2) is 73.1 Å². The third kappa shape index (κ3) is 5.95. The largest absolute Gasteiger partial charge is 0.460 e. The molecule has 252 valence electrons. The molecule has 2 aromatic heterocycles. The molecule has 0 spiro atoms. The number of aromatic nitrogens is 4. The highest BCUT2D eigenvalue weighted by molar-refractivity contribution is 7.99. The molecule has 0 aliphatic carbocycles. The number of nitrogens with zero attached hydrogens (tertiary/aromatic N) is 4. The molecule has 0 aliphatic rings. The standard InChI is InChI=1S/C19H10F20N4S/c1-7-6-9(41-10(40-7)43-4-2-8(42-43)12(22,23)24)44-5-3-11(20,21)13(25,26)14(27,28)15(29,30)16(31,32)17(33,34)18(35,36)19(37,38)39/h2,4,6H,3,5H2,1H3. The molecule has 0 amide bonds. The molecule has 2 rings (SSSR count). The molecule has 0 bridgehead atoms. The Bertz CT molecular complexity index is 1330. The van der Waals surface area contributed by atoms with Gasteiger partial charge in [0.25, 0.3) is 5.95 Å². The molecule has 0 saturated carbocycles. The zero-order chi connectivity index (χ0) is 34.8. The van der Waals surface area contributed by atoms with Crippen LogP contribution in [0.25, 0.3) is 5.95 Å². The topological polar surface area (TPSA) is 43.6 Å². The molecule has 2 heterocycles. The average Bonchev–Trinajstić information content (AvgIpc) is 3.33. The minimum atomic E-state index is -8.72. The summed E-state index contributed by atoms with van der Waals surface area (Å²) in [4.78, 5) is 7.14. The van der Waals surface area contributed by atoms with E-state index >= 15 is 0 Å². The predicted molar refractivity (Wildman–Crippen MR) is 105 cm³/mol. The summed E-state index contributed by atoms with van der Waals surface area (Å²) < 4.78 is 266. The number of thioether (sulfide) groups is 1. The van der Waals surface area contributed by atoms with Crippen molar-refractivity contribution >= 4 is 11.8 Å². The molecule has 0 aliphatic heterocycles. The average molecular weight is 706 g/mol. The molecule has 0 atom stereocenters. The van der Waals surface area contributed by atoms with Crippen LogP contribution in [0.1, 0.15) is 17.8 Å². The van der Waals surface area contributed by atoms with Crippen LogP contribution in [-0.2, 0) is 6.18 Å². The maximum atomic E-state index is 14.1. The minimum Gasteiger partial charge on any atom is -0.216 e. The van der Waals surface area contributed by atoms with Crippen LogP contribution in [0, 0.1) is 6.92 Å². The summed E-state index contributed by atoms with van der Waals surface area (Å²) in [6.07, 6.45) is -14.9. The lowest BCUT2D eigenvalue weighted by atomic mass is 9.88. The van der Waals surface area contributed by atoms with Crippen LogP contribution in [0.4, 0.5) is 87.8 Å². The number of hydrogen-bond donors (Lipinski definition) is 0. The zero-order valence-corrected chi connectivity index (χ0v) is 21.2. The van der Waals surface area contributed by atoms with Crippen LogP contribution in [0.2, 0.25) is 0 Å². The quantitative estimate of drug-likeness (QED) is 0.134. The van der Waals surface area contributed by atoms with Gasteiger partial charge in [0.1, 0.15) is 5.03 Å². The summed E-state index contributed by atoms with van der Waals surface area (Å²) in [7, 11) is 0. The maximum absolute atomic E-state index is 14.1. The second-order valence-corrected chi connectivity index (χ2v) is 9.65. The summed E-state index contributed by atoms with van der Waals surface area (Å²) in [6.45, 7) is 1.12.